The number of nitrogens with zero attached hydrogens (tertiary/aromatic N) is 1. The third kappa shape index (κ3) is 5.55. The van der Waals surface area contributed by atoms with Crippen molar-refractivity contribution >= 4 is 11.8 Å². The minimum atomic E-state index is -0.479. The van der Waals surface area contributed by atoms with Gasteiger partial charge in [-0.05, 0) is 26.1 Å². The fraction of sp³-hybridized carbons (Fsp3) is 1.00. The molecule has 0 amide bonds. The summed E-state index contributed by atoms with van der Waals surface area (Å²) in [7, 11) is 2.08. The lowest BCUT2D eigenvalue weighted by atomic mass is 9.97. The maximum atomic E-state index is 10.1. The van der Waals surface area contributed by atoms with Crippen LogP contribution in [-0.2, 0) is 0 Å². The lowest BCUT2D eigenvalue weighted by molar-refractivity contribution is 0.00449. The maximum absolute atomic E-state index is 10.1. The highest BCUT2D eigenvalue weighted by Gasteiger charge is 2.23. The smallest absolute Gasteiger partial charge is 0.0768 e. The van der Waals surface area contributed by atoms with Crippen molar-refractivity contribution in [1.82, 2.24) is 4.90 Å². The van der Waals surface area contributed by atoms with Crippen LogP contribution in [0.25, 0.3) is 0 Å². The molecule has 0 heterocycles. The van der Waals surface area contributed by atoms with Crippen molar-refractivity contribution in [3.8, 4) is 0 Å². The second-order valence-electron chi connectivity index (χ2n) is 3.66. The summed E-state index contributed by atoms with van der Waals surface area (Å²) in [5.74, 6) is 1.14. The Morgan fingerprint density at radius 1 is 1.31 bits per heavy atom. The highest BCUT2D eigenvalue weighted by atomic mass is 32.2. The standard InChI is InChI=1S/C10H23NOS/c1-5-10(12,6-2)9-11(3)7-8-13-4/h12H,5-9H2,1-4H3. The first-order valence-electron chi connectivity index (χ1n) is 4.98. The zero-order valence-corrected chi connectivity index (χ0v) is 10.2. The Bertz CT molecular complexity index is 126. The third-order valence-electron chi connectivity index (χ3n) is 2.56. The number of likely N-dealkylation sites (N-methyl/N-ethyl adjacent to an activating group) is 1. The van der Waals surface area contributed by atoms with Crippen LogP contribution in [-0.4, -0.2) is 47.8 Å². The van der Waals surface area contributed by atoms with Crippen LogP contribution in [0.2, 0.25) is 0 Å². The molecule has 1 N–H and O–H groups in total. The van der Waals surface area contributed by atoms with E-state index in [-0.39, 0.29) is 0 Å². The zero-order chi connectivity index (χ0) is 10.3. The first kappa shape index (κ1) is 13.3. The molecule has 0 aliphatic heterocycles. The van der Waals surface area contributed by atoms with Gasteiger partial charge in [0.15, 0.2) is 0 Å². The summed E-state index contributed by atoms with van der Waals surface area (Å²) in [5.41, 5.74) is -0.479. The molecule has 0 bridgehead atoms. The fourth-order valence-electron chi connectivity index (χ4n) is 1.30. The molecule has 0 spiro atoms. The molecule has 0 aromatic rings. The lowest BCUT2D eigenvalue weighted by Gasteiger charge is -2.30. The Hall–Kier alpha value is 0.270. The molecule has 2 nitrogen and oxygen atoms in total. The largest absolute Gasteiger partial charge is 0.389 e. The molecule has 0 saturated heterocycles. The Balaban J connectivity index is 3.79. The number of thioether (sulfide) groups is 1. The molecular formula is C10H23NOS. The lowest BCUT2D eigenvalue weighted by Crippen LogP contribution is -2.41. The van der Waals surface area contributed by atoms with Gasteiger partial charge in [-0.25, -0.2) is 0 Å². The number of aliphatic hydroxyl groups is 1. The molecule has 0 saturated carbocycles. The molecule has 3 heteroatoms. The minimum absolute atomic E-state index is 0.479. The quantitative estimate of drug-likeness (QED) is 0.686. The van der Waals surface area contributed by atoms with Gasteiger partial charge in [-0.3, -0.25) is 0 Å². The van der Waals surface area contributed by atoms with E-state index in [4.69, 9.17) is 0 Å². The predicted octanol–water partition coefficient (Wildman–Crippen LogP) is 1.83. The highest BCUT2D eigenvalue weighted by molar-refractivity contribution is 7.98. The van der Waals surface area contributed by atoms with Crippen LogP contribution in [0.5, 0.6) is 0 Å². The van der Waals surface area contributed by atoms with Crippen molar-refractivity contribution in [2.75, 3.05) is 32.1 Å². The second-order valence-corrected chi connectivity index (χ2v) is 4.65. The van der Waals surface area contributed by atoms with Crippen LogP contribution >= 0.6 is 11.8 Å². The molecule has 0 rings (SSSR count). The molecule has 0 aliphatic carbocycles. The predicted molar refractivity (Wildman–Crippen MR) is 61.4 cm³/mol. The SMILES string of the molecule is CCC(O)(CC)CN(C)CCSC. The summed E-state index contributed by atoms with van der Waals surface area (Å²) in [5, 5.41) is 10.1. The summed E-state index contributed by atoms with van der Waals surface area (Å²) >= 11 is 1.85. The van der Waals surface area contributed by atoms with E-state index in [0.717, 1.165) is 31.7 Å². The van der Waals surface area contributed by atoms with E-state index < -0.39 is 5.60 Å². The van der Waals surface area contributed by atoms with Gasteiger partial charge < -0.3 is 10.0 Å². The summed E-state index contributed by atoms with van der Waals surface area (Å²) in [4.78, 5) is 2.21. The van der Waals surface area contributed by atoms with Crippen LogP contribution in [0.4, 0.5) is 0 Å². The van der Waals surface area contributed by atoms with Crippen molar-refractivity contribution in [3.05, 3.63) is 0 Å². The Kier molecular flexibility index (Phi) is 6.82. The molecule has 0 unspecified atom stereocenters. The molecular weight excluding hydrogens is 182 g/mol. The molecule has 0 aromatic carbocycles. The Labute approximate surface area is 86.7 Å². The van der Waals surface area contributed by atoms with Crippen molar-refractivity contribution < 1.29 is 5.11 Å². The Morgan fingerprint density at radius 3 is 2.23 bits per heavy atom. The van der Waals surface area contributed by atoms with Gasteiger partial charge in [-0.1, -0.05) is 13.8 Å². The summed E-state index contributed by atoms with van der Waals surface area (Å²) in [6.07, 6.45) is 3.79. The van der Waals surface area contributed by atoms with E-state index in [1.54, 1.807) is 0 Å². The van der Waals surface area contributed by atoms with E-state index in [2.05, 4.69) is 18.2 Å². The summed E-state index contributed by atoms with van der Waals surface area (Å²) < 4.78 is 0. The van der Waals surface area contributed by atoms with Crippen molar-refractivity contribution in [3.63, 3.8) is 0 Å². The normalized spacial score (nSPS) is 12.5. The van der Waals surface area contributed by atoms with Crippen molar-refractivity contribution in [2.24, 2.45) is 0 Å². The van der Waals surface area contributed by atoms with Crippen molar-refractivity contribution in [1.29, 1.82) is 0 Å². The zero-order valence-electron chi connectivity index (χ0n) is 9.34. The molecule has 0 radical (unpaired) electrons. The number of rotatable bonds is 7. The van der Waals surface area contributed by atoms with E-state index in [1.165, 1.54) is 0 Å². The van der Waals surface area contributed by atoms with Gasteiger partial charge in [-0.2, -0.15) is 11.8 Å². The fourth-order valence-corrected chi connectivity index (χ4v) is 1.80. The van der Waals surface area contributed by atoms with Crippen LogP contribution < -0.4 is 0 Å². The summed E-state index contributed by atoms with van der Waals surface area (Å²) in [6.45, 7) is 5.95. The second kappa shape index (κ2) is 6.68. The van der Waals surface area contributed by atoms with Crippen LogP contribution in [0.3, 0.4) is 0 Å². The van der Waals surface area contributed by atoms with E-state index >= 15 is 0 Å². The van der Waals surface area contributed by atoms with E-state index in [0.29, 0.717) is 0 Å². The maximum Gasteiger partial charge on any atom is 0.0768 e. The number of hydrogen-bond acceptors (Lipinski definition) is 3. The van der Waals surface area contributed by atoms with Gasteiger partial charge in [-0.15, -0.1) is 0 Å². The minimum Gasteiger partial charge on any atom is -0.389 e. The average Bonchev–Trinajstić information content (AvgIpc) is 2.14. The third-order valence-corrected chi connectivity index (χ3v) is 3.15. The molecule has 0 atom stereocenters. The van der Waals surface area contributed by atoms with Gasteiger partial charge in [0, 0.05) is 18.8 Å². The molecule has 0 aromatic heterocycles. The molecule has 0 aliphatic rings. The van der Waals surface area contributed by atoms with Gasteiger partial charge in [0.05, 0.1) is 5.60 Å². The molecule has 80 valence electrons. The van der Waals surface area contributed by atoms with Crippen molar-refractivity contribution in [2.45, 2.75) is 32.3 Å². The van der Waals surface area contributed by atoms with Crippen LogP contribution in [0.15, 0.2) is 0 Å². The topological polar surface area (TPSA) is 23.5 Å². The van der Waals surface area contributed by atoms with Gasteiger partial charge in [0.25, 0.3) is 0 Å². The van der Waals surface area contributed by atoms with Crippen LogP contribution in [0.1, 0.15) is 26.7 Å². The van der Waals surface area contributed by atoms with Gasteiger partial charge in [0.2, 0.25) is 0 Å². The first-order chi connectivity index (χ1) is 6.08. The summed E-state index contributed by atoms with van der Waals surface area (Å²) in [6, 6.07) is 0. The van der Waals surface area contributed by atoms with E-state index in [9.17, 15) is 5.11 Å². The monoisotopic (exact) mass is 205 g/mol. The highest BCUT2D eigenvalue weighted by Crippen LogP contribution is 2.15. The van der Waals surface area contributed by atoms with Gasteiger partial charge in [0.1, 0.15) is 0 Å². The molecule has 0 fully saturated rings. The van der Waals surface area contributed by atoms with E-state index in [1.807, 2.05) is 25.6 Å². The number of hydrogen-bond donors (Lipinski definition) is 1. The first-order valence-corrected chi connectivity index (χ1v) is 6.37. The van der Waals surface area contributed by atoms with Gasteiger partial charge >= 0.3 is 0 Å². The molecule has 13 heavy (non-hydrogen) atoms. The van der Waals surface area contributed by atoms with Crippen LogP contribution in [0, 0.1) is 0 Å². The average molecular weight is 205 g/mol. The Morgan fingerprint density at radius 2 is 1.85 bits per heavy atom.